The van der Waals surface area contributed by atoms with Crippen LogP contribution in [0.2, 0.25) is 0 Å². The second-order valence-corrected chi connectivity index (χ2v) is 4.88. The van der Waals surface area contributed by atoms with Crippen molar-refractivity contribution in [3.63, 3.8) is 0 Å². The first kappa shape index (κ1) is 12.9. The van der Waals surface area contributed by atoms with Gasteiger partial charge in [0.1, 0.15) is 0 Å². The number of benzene rings is 1. The topological polar surface area (TPSA) is 53.4 Å². The molecule has 0 spiro atoms. The number of rotatable bonds is 4. The van der Waals surface area contributed by atoms with Gasteiger partial charge in [-0.3, -0.25) is 4.90 Å². The minimum absolute atomic E-state index is 0.170. The van der Waals surface area contributed by atoms with E-state index >= 15 is 0 Å². The Kier molecular flexibility index (Phi) is 3.89. The molecule has 0 aliphatic heterocycles. The van der Waals surface area contributed by atoms with Gasteiger partial charge < -0.3 is 5.11 Å². The zero-order valence-corrected chi connectivity index (χ0v) is 11.2. The lowest BCUT2D eigenvalue weighted by molar-refractivity contribution is 0.0697. The predicted octanol–water partition coefficient (Wildman–Crippen LogP) is 2.41. The Bertz CT molecular complexity index is 558. The molecule has 1 unspecified atom stereocenters. The molecular weight excluding hydrogens is 274 g/mol. The van der Waals surface area contributed by atoms with E-state index in [0.717, 1.165) is 5.44 Å². The number of hydrogen-bond acceptors (Lipinski definition) is 4. The monoisotopic (exact) mass is 284 g/mol. The number of carboxylic acids is 1. The summed E-state index contributed by atoms with van der Waals surface area (Å²) in [6, 6.07) is 6.00. The number of nitrogens with zero attached hydrogens (tertiary/aromatic N) is 2. The maximum atomic E-state index is 13.1. The van der Waals surface area contributed by atoms with Gasteiger partial charge in [-0.05, 0) is 24.3 Å². The number of carboxylic acid groups (broad SMARTS) is 1. The largest absolute Gasteiger partial charge is 0.478 e. The highest BCUT2D eigenvalue weighted by Gasteiger charge is 2.13. The van der Waals surface area contributed by atoms with Gasteiger partial charge in [-0.1, -0.05) is 9.24 Å². The lowest BCUT2D eigenvalue weighted by Gasteiger charge is -2.17. The summed E-state index contributed by atoms with van der Waals surface area (Å²) >= 11 is 1.33. The lowest BCUT2D eigenvalue weighted by Crippen LogP contribution is -2.15. The Labute approximate surface area is 109 Å². The van der Waals surface area contributed by atoms with Crippen LogP contribution in [0.3, 0.4) is 0 Å². The zero-order valence-electron chi connectivity index (χ0n) is 9.21. The molecule has 7 heteroatoms. The van der Waals surface area contributed by atoms with Gasteiger partial charge in [-0.2, -0.15) is 0 Å². The number of halogens is 1. The van der Waals surface area contributed by atoms with Crippen LogP contribution in [-0.2, 0) is 0 Å². The molecule has 1 atom stereocenters. The van der Waals surface area contributed by atoms with Gasteiger partial charge in [0, 0.05) is 11.1 Å². The Morgan fingerprint density at radius 3 is 2.56 bits per heavy atom. The molecule has 94 valence electrons. The predicted molar refractivity (Wildman–Crippen MR) is 73.0 cm³/mol. The number of thiazole rings is 1. The summed E-state index contributed by atoms with van der Waals surface area (Å²) in [7, 11) is 2.45. The minimum atomic E-state index is -1.00. The van der Waals surface area contributed by atoms with E-state index in [-0.39, 0.29) is 5.56 Å². The maximum Gasteiger partial charge on any atom is 0.335 e. The van der Waals surface area contributed by atoms with Gasteiger partial charge in [0.2, 0.25) is 0 Å². The molecule has 2 aromatic rings. The smallest absolute Gasteiger partial charge is 0.335 e. The van der Waals surface area contributed by atoms with Gasteiger partial charge >= 0.3 is 5.97 Å². The standard InChI is InChI=1S/C11H10FN2O2PS/c12-6-14(11-13-9(17)5-18-11)8-3-1-7(2-4-8)10(15)16/h1-5H,6,17H2,(H,15,16). The normalized spacial score (nSPS) is 10.3. The Morgan fingerprint density at radius 2 is 2.11 bits per heavy atom. The van der Waals surface area contributed by atoms with Crippen LogP contribution in [0.15, 0.2) is 29.6 Å². The molecule has 4 nitrogen and oxygen atoms in total. The molecule has 1 N–H and O–H groups in total. The van der Waals surface area contributed by atoms with E-state index in [1.165, 1.54) is 28.4 Å². The van der Waals surface area contributed by atoms with Crippen LogP contribution in [0.25, 0.3) is 0 Å². The van der Waals surface area contributed by atoms with Crippen LogP contribution in [0.5, 0.6) is 0 Å². The van der Waals surface area contributed by atoms with Crippen molar-refractivity contribution in [3.8, 4) is 0 Å². The molecule has 18 heavy (non-hydrogen) atoms. The van der Waals surface area contributed by atoms with Gasteiger partial charge in [-0.25, -0.2) is 14.2 Å². The number of carbonyl (C=O) groups is 1. The van der Waals surface area contributed by atoms with Crippen molar-refractivity contribution in [1.82, 2.24) is 4.98 Å². The van der Waals surface area contributed by atoms with Crippen molar-refractivity contribution in [2.75, 3.05) is 11.7 Å². The number of anilines is 2. The highest BCUT2D eigenvalue weighted by atomic mass is 32.1. The number of aromatic nitrogens is 1. The van der Waals surface area contributed by atoms with E-state index in [1.54, 1.807) is 17.5 Å². The van der Waals surface area contributed by atoms with Gasteiger partial charge in [0.05, 0.1) is 11.0 Å². The quantitative estimate of drug-likeness (QED) is 0.692. The molecule has 0 aliphatic rings. The summed E-state index contributed by atoms with van der Waals surface area (Å²) in [5.74, 6) is -1.00. The maximum absolute atomic E-state index is 13.1. The Morgan fingerprint density at radius 1 is 1.44 bits per heavy atom. The Balaban J connectivity index is 2.30. The van der Waals surface area contributed by atoms with Crippen LogP contribution in [-0.4, -0.2) is 22.9 Å². The second-order valence-electron chi connectivity index (χ2n) is 3.45. The summed E-state index contributed by atoms with van der Waals surface area (Å²) in [4.78, 5) is 16.3. The summed E-state index contributed by atoms with van der Waals surface area (Å²) in [5.41, 5.74) is 1.49. The summed E-state index contributed by atoms with van der Waals surface area (Å²) in [6.45, 7) is -0.718. The Hall–Kier alpha value is -1.52. The summed E-state index contributed by atoms with van der Waals surface area (Å²) in [5, 5.41) is 11.1. The van der Waals surface area contributed by atoms with Crippen molar-refractivity contribution in [3.05, 3.63) is 35.2 Å². The molecule has 1 aromatic carbocycles. The number of hydrogen-bond donors (Lipinski definition) is 1. The summed E-state index contributed by atoms with van der Waals surface area (Å²) in [6.07, 6.45) is 0. The van der Waals surface area contributed by atoms with Crippen LogP contribution >= 0.6 is 20.6 Å². The third-order valence-electron chi connectivity index (χ3n) is 2.29. The molecule has 0 saturated heterocycles. The van der Waals surface area contributed by atoms with Crippen LogP contribution in [0.4, 0.5) is 15.2 Å². The van der Waals surface area contributed by atoms with Crippen LogP contribution in [0.1, 0.15) is 10.4 Å². The van der Waals surface area contributed by atoms with E-state index in [9.17, 15) is 9.18 Å². The first-order valence-electron chi connectivity index (χ1n) is 4.99. The van der Waals surface area contributed by atoms with Crippen molar-refractivity contribution in [2.45, 2.75) is 0 Å². The molecule has 0 radical (unpaired) electrons. The van der Waals surface area contributed by atoms with Crippen LogP contribution in [0, 0.1) is 0 Å². The van der Waals surface area contributed by atoms with Crippen molar-refractivity contribution in [1.29, 1.82) is 0 Å². The first-order chi connectivity index (χ1) is 8.61. The number of alkyl halides is 1. The summed E-state index contributed by atoms with van der Waals surface area (Å²) < 4.78 is 13.1. The van der Waals surface area contributed by atoms with Crippen molar-refractivity contribution >= 4 is 42.8 Å². The third kappa shape index (κ3) is 2.66. The van der Waals surface area contributed by atoms with E-state index in [2.05, 4.69) is 14.2 Å². The van der Waals surface area contributed by atoms with E-state index in [1.807, 2.05) is 0 Å². The number of aromatic carboxylic acids is 1. The average molecular weight is 284 g/mol. The molecule has 0 saturated carbocycles. The van der Waals surface area contributed by atoms with Crippen LogP contribution < -0.4 is 10.3 Å². The highest BCUT2D eigenvalue weighted by molar-refractivity contribution is 7.29. The van der Waals surface area contributed by atoms with Gasteiger partial charge in [-0.15, -0.1) is 11.3 Å². The third-order valence-corrected chi connectivity index (χ3v) is 3.71. The average Bonchev–Trinajstić information content (AvgIpc) is 2.77. The molecule has 1 aromatic heterocycles. The van der Waals surface area contributed by atoms with Crippen molar-refractivity contribution in [2.24, 2.45) is 0 Å². The van der Waals surface area contributed by atoms with Gasteiger partial charge in [0.15, 0.2) is 11.9 Å². The molecular formula is C11H10FN2O2PS. The second kappa shape index (κ2) is 5.42. The van der Waals surface area contributed by atoms with E-state index in [4.69, 9.17) is 5.11 Å². The molecule has 2 rings (SSSR count). The van der Waals surface area contributed by atoms with Crippen molar-refractivity contribution < 1.29 is 14.3 Å². The molecule has 0 fully saturated rings. The lowest BCUT2D eigenvalue weighted by atomic mass is 10.2. The van der Waals surface area contributed by atoms with Gasteiger partial charge in [0.25, 0.3) is 0 Å². The fraction of sp³-hybridized carbons (Fsp3) is 0.0909. The SMILES string of the molecule is O=C(O)c1ccc(N(CF)c2nc(P)cs2)cc1. The molecule has 0 aliphatic carbocycles. The fourth-order valence-corrected chi connectivity index (χ4v) is 2.55. The fourth-order valence-electron chi connectivity index (χ4n) is 1.41. The van der Waals surface area contributed by atoms with E-state index in [0.29, 0.717) is 10.8 Å². The van der Waals surface area contributed by atoms with E-state index < -0.39 is 12.8 Å². The molecule has 0 amide bonds. The first-order valence-corrected chi connectivity index (χ1v) is 6.45. The molecule has 0 bridgehead atoms. The zero-order chi connectivity index (χ0) is 13.1. The highest BCUT2D eigenvalue weighted by Crippen LogP contribution is 2.27. The molecule has 1 heterocycles. The minimum Gasteiger partial charge on any atom is -0.478 e.